The molecule has 6 heteroatoms. The molecule has 0 aliphatic carbocycles. The first-order chi connectivity index (χ1) is 14.1. The number of fused-ring (bicyclic) bond motifs is 1. The van der Waals surface area contributed by atoms with Crippen LogP contribution in [0.2, 0.25) is 0 Å². The van der Waals surface area contributed by atoms with Crippen LogP contribution in [0.5, 0.6) is 0 Å². The molecule has 1 aliphatic rings. The summed E-state index contributed by atoms with van der Waals surface area (Å²) in [5.74, 6) is 0.119. The van der Waals surface area contributed by atoms with Crippen LogP contribution in [0, 0.1) is 6.92 Å². The van der Waals surface area contributed by atoms with Gasteiger partial charge >= 0.3 is 0 Å². The Morgan fingerprint density at radius 2 is 1.72 bits per heavy atom. The fraction of sp³-hybridized carbons (Fsp3) is 0.348. The molecule has 2 aromatic carbocycles. The molecular weight excluding hydrogens is 382 g/mol. The number of thioether (sulfide) groups is 1. The van der Waals surface area contributed by atoms with Gasteiger partial charge in [-0.1, -0.05) is 42.1 Å². The third kappa shape index (κ3) is 3.94. The molecule has 1 aromatic heterocycles. The van der Waals surface area contributed by atoms with Gasteiger partial charge in [0.05, 0.1) is 21.8 Å². The molecule has 1 saturated heterocycles. The van der Waals surface area contributed by atoms with E-state index in [1.165, 1.54) is 18.2 Å². The van der Waals surface area contributed by atoms with Gasteiger partial charge in [-0.2, -0.15) is 0 Å². The van der Waals surface area contributed by atoms with Crippen molar-refractivity contribution in [2.45, 2.75) is 43.5 Å². The van der Waals surface area contributed by atoms with Gasteiger partial charge in [0.1, 0.15) is 0 Å². The highest BCUT2D eigenvalue weighted by molar-refractivity contribution is 8.00. The summed E-state index contributed by atoms with van der Waals surface area (Å²) in [6.07, 6.45) is 3.31. The molecule has 0 saturated carbocycles. The lowest BCUT2D eigenvalue weighted by molar-refractivity contribution is -0.131. The van der Waals surface area contributed by atoms with Crippen molar-refractivity contribution in [3.05, 3.63) is 64.4 Å². The van der Waals surface area contributed by atoms with Crippen molar-refractivity contribution in [1.29, 1.82) is 0 Å². The van der Waals surface area contributed by atoms with Crippen LogP contribution in [-0.4, -0.2) is 38.7 Å². The number of amides is 1. The molecule has 1 atom stereocenters. The summed E-state index contributed by atoms with van der Waals surface area (Å²) in [5, 5.41) is 0.826. The lowest BCUT2D eigenvalue weighted by Gasteiger charge is -2.29. The maximum Gasteiger partial charge on any atom is 0.266 e. The second kappa shape index (κ2) is 8.41. The minimum atomic E-state index is -0.309. The third-order valence-electron chi connectivity index (χ3n) is 5.40. The molecule has 1 fully saturated rings. The number of likely N-dealkylation sites (tertiary alicyclic amines) is 1. The van der Waals surface area contributed by atoms with Crippen molar-refractivity contribution in [3.8, 4) is 5.69 Å². The molecule has 5 nitrogen and oxygen atoms in total. The van der Waals surface area contributed by atoms with E-state index >= 15 is 0 Å². The van der Waals surface area contributed by atoms with E-state index in [1.54, 1.807) is 10.6 Å². The van der Waals surface area contributed by atoms with E-state index in [4.69, 9.17) is 4.98 Å². The second-order valence-corrected chi connectivity index (χ2v) is 8.79. The van der Waals surface area contributed by atoms with Gasteiger partial charge in [-0.3, -0.25) is 14.2 Å². The van der Waals surface area contributed by atoms with Gasteiger partial charge in [-0.15, -0.1) is 0 Å². The van der Waals surface area contributed by atoms with E-state index in [-0.39, 0.29) is 16.7 Å². The van der Waals surface area contributed by atoms with Gasteiger partial charge in [-0.05, 0) is 56.9 Å². The maximum absolute atomic E-state index is 13.4. The molecular formula is C23H25N3O2S. The molecule has 2 heterocycles. The minimum absolute atomic E-state index is 0.106. The quantitative estimate of drug-likeness (QED) is 0.481. The number of para-hydroxylation sites is 2. The third-order valence-corrected chi connectivity index (χ3v) is 6.44. The topological polar surface area (TPSA) is 55.2 Å². The van der Waals surface area contributed by atoms with Crippen LogP contribution in [0.4, 0.5) is 0 Å². The Morgan fingerprint density at radius 1 is 1.03 bits per heavy atom. The van der Waals surface area contributed by atoms with Crippen LogP contribution in [0.1, 0.15) is 31.7 Å². The van der Waals surface area contributed by atoms with Crippen molar-refractivity contribution in [1.82, 2.24) is 14.5 Å². The molecule has 1 aliphatic heterocycles. The molecule has 0 bridgehead atoms. The normalized spacial score (nSPS) is 15.4. The van der Waals surface area contributed by atoms with Crippen molar-refractivity contribution in [2.75, 3.05) is 13.1 Å². The Kier molecular flexibility index (Phi) is 5.72. The summed E-state index contributed by atoms with van der Waals surface area (Å²) >= 11 is 1.37. The van der Waals surface area contributed by atoms with E-state index in [1.807, 2.05) is 61.2 Å². The van der Waals surface area contributed by atoms with Gasteiger partial charge in [-0.25, -0.2) is 4.98 Å². The average Bonchev–Trinajstić information content (AvgIpc) is 2.75. The summed E-state index contributed by atoms with van der Waals surface area (Å²) in [7, 11) is 0. The molecule has 0 N–H and O–H groups in total. The number of hydrogen-bond acceptors (Lipinski definition) is 4. The molecule has 0 spiro atoms. The lowest BCUT2D eigenvalue weighted by Crippen LogP contribution is -2.40. The SMILES string of the molecule is Cc1ccccc1-n1c(SC(C)C(=O)N2CCCCC2)nc2ccccc2c1=O. The number of carbonyl (C=O) groups excluding carboxylic acids is 1. The van der Waals surface area contributed by atoms with E-state index in [9.17, 15) is 9.59 Å². The van der Waals surface area contributed by atoms with Crippen molar-refractivity contribution >= 4 is 28.6 Å². The number of aromatic nitrogens is 2. The number of rotatable bonds is 4. The number of benzene rings is 2. The van der Waals surface area contributed by atoms with Crippen molar-refractivity contribution in [3.63, 3.8) is 0 Å². The van der Waals surface area contributed by atoms with Crippen LogP contribution >= 0.6 is 11.8 Å². The van der Waals surface area contributed by atoms with Gasteiger partial charge in [0, 0.05) is 13.1 Å². The molecule has 150 valence electrons. The van der Waals surface area contributed by atoms with E-state index < -0.39 is 0 Å². The summed E-state index contributed by atoms with van der Waals surface area (Å²) in [6.45, 7) is 5.53. The number of piperidine rings is 1. The van der Waals surface area contributed by atoms with Gasteiger partial charge < -0.3 is 4.90 Å². The molecule has 0 radical (unpaired) electrons. The smallest absolute Gasteiger partial charge is 0.266 e. The van der Waals surface area contributed by atoms with Crippen molar-refractivity contribution < 1.29 is 4.79 Å². The Morgan fingerprint density at radius 3 is 2.48 bits per heavy atom. The first kappa shape index (κ1) is 19.7. The maximum atomic E-state index is 13.4. The monoisotopic (exact) mass is 407 g/mol. The summed E-state index contributed by atoms with van der Waals surface area (Å²) in [5.41, 5.74) is 2.34. The first-order valence-corrected chi connectivity index (χ1v) is 11.0. The molecule has 4 rings (SSSR count). The highest BCUT2D eigenvalue weighted by Crippen LogP contribution is 2.27. The van der Waals surface area contributed by atoms with Crippen LogP contribution in [0.15, 0.2) is 58.5 Å². The van der Waals surface area contributed by atoms with E-state index in [0.717, 1.165) is 37.2 Å². The predicted octanol–water partition coefficient (Wildman–Crippen LogP) is 4.19. The molecule has 1 unspecified atom stereocenters. The van der Waals surface area contributed by atoms with Gasteiger partial charge in [0.2, 0.25) is 5.91 Å². The molecule has 1 amide bonds. The zero-order valence-electron chi connectivity index (χ0n) is 16.8. The summed E-state index contributed by atoms with van der Waals surface area (Å²) < 4.78 is 1.66. The standard InChI is InChI=1S/C23H25N3O2S/c1-16-10-4-7-13-20(16)26-22(28)18-11-5-6-12-19(18)24-23(26)29-17(2)21(27)25-14-8-3-9-15-25/h4-7,10-13,17H,3,8-9,14-15H2,1-2H3. The molecule has 3 aromatic rings. The van der Waals surface area contributed by atoms with Gasteiger partial charge in [0.25, 0.3) is 5.56 Å². The highest BCUT2D eigenvalue weighted by Gasteiger charge is 2.25. The fourth-order valence-corrected chi connectivity index (χ4v) is 4.80. The number of nitrogens with zero attached hydrogens (tertiary/aromatic N) is 3. The number of hydrogen-bond donors (Lipinski definition) is 0. The Labute approximate surface area is 174 Å². The van der Waals surface area contributed by atoms with Crippen LogP contribution < -0.4 is 5.56 Å². The van der Waals surface area contributed by atoms with E-state index in [0.29, 0.717) is 16.1 Å². The van der Waals surface area contributed by atoms with Crippen LogP contribution in [-0.2, 0) is 4.79 Å². The first-order valence-electron chi connectivity index (χ1n) is 10.1. The molecule has 29 heavy (non-hydrogen) atoms. The minimum Gasteiger partial charge on any atom is -0.342 e. The highest BCUT2D eigenvalue weighted by atomic mass is 32.2. The Bertz CT molecular complexity index is 1100. The Balaban J connectivity index is 1.78. The zero-order chi connectivity index (χ0) is 20.4. The average molecular weight is 408 g/mol. The zero-order valence-corrected chi connectivity index (χ0v) is 17.6. The van der Waals surface area contributed by atoms with E-state index in [2.05, 4.69) is 0 Å². The summed E-state index contributed by atoms with van der Waals surface area (Å²) in [6, 6.07) is 15.2. The second-order valence-electron chi connectivity index (χ2n) is 7.48. The summed E-state index contributed by atoms with van der Waals surface area (Å²) in [4.78, 5) is 33.0. The van der Waals surface area contributed by atoms with Crippen molar-refractivity contribution in [2.24, 2.45) is 0 Å². The van der Waals surface area contributed by atoms with Crippen LogP contribution in [0.25, 0.3) is 16.6 Å². The predicted molar refractivity (Wildman–Crippen MR) is 118 cm³/mol. The fourth-order valence-electron chi connectivity index (χ4n) is 3.80. The Hall–Kier alpha value is -2.60. The lowest BCUT2D eigenvalue weighted by atomic mass is 10.1. The van der Waals surface area contributed by atoms with Gasteiger partial charge in [0.15, 0.2) is 5.16 Å². The van der Waals surface area contributed by atoms with Crippen LogP contribution in [0.3, 0.4) is 0 Å². The largest absolute Gasteiger partial charge is 0.342 e. The number of carbonyl (C=O) groups is 1. The number of aryl methyl sites for hydroxylation is 1.